The van der Waals surface area contributed by atoms with Crippen molar-refractivity contribution in [2.24, 2.45) is 0 Å². The summed E-state index contributed by atoms with van der Waals surface area (Å²) in [5.41, 5.74) is 2.51. The van der Waals surface area contributed by atoms with Gasteiger partial charge >= 0.3 is 0 Å². The van der Waals surface area contributed by atoms with E-state index in [9.17, 15) is 5.11 Å². The molecule has 4 nitrogen and oxygen atoms in total. The van der Waals surface area contributed by atoms with Crippen molar-refractivity contribution in [2.45, 2.75) is 25.0 Å². The number of fused-ring (bicyclic) bond motifs is 1. The Labute approximate surface area is 138 Å². The molecule has 0 radical (unpaired) electrons. The molecule has 0 spiro atoms. The van der Waals surface area contributed by atoms with Crippen LogP contribution in [0.2, 0.25) is 0 Å². The van der Waals surface area contributed by atoms with E-state index in [1.165, 1.54) is 5.56 Å². The Morgan fingerprint density at radius 3 is 3.04 bits per heavy atom. The van der Waals surface area contributed by atoms with E-state index < -0.39 is 5.60 Å². The van der Waals surface area contributed by atoms with Crippen LogP contribution in [0, 0.1) is 0 Å². The number of thiazole rings is 1. The largest absolute Gasteiger partial charge is 0.462 e. The van der Waals surface area contributed by atoms with Crippen molar-refractivity contribution in [3.05, 3.63) is 64.9 Å². The van der Waals surface area contributed by atoms with Crippen LogP contribution in [0.5, 0.6) is 0 Å². The van der Waals surface area contributed by atoms with Gasteiger partial charge in [-0.1, -0.05) is 24.3 Å². The summed E-state index contributed by atoms with van der Waals surface area (Å²) in [6, 6.07) is 11.9. The van der Waals surface area contributed by atoms with E-state index in [0.29, 0.717) is 13.1 Å². The third-order valence-electron chi connectivity index (χ3n) is 4.33. The molecule has 23 heavy (non-hydrogen) atoms. The Morgan fingerprint density at radius 2 is 2.17 bits per heavy atom. The molecule has 2 heterocycles. The van der Waals surface area contributed by atoms with Gasteiger partial charge in [0.2, 0.25) is 0 Å². The van der Waals surface area contributed by atoms with E-state index >= 15 is 0 Å². The number of hydrogen-bond acceptors (Lipinski definition) is 5. The standard InChI is InChI=1S/C18H18N2O2S/c21-18(8-7-13-4-1-2-5-15(13)18)12-19-10-14-11-23-17(20-14)16-6-3-9-22-16/h1-6,9,11,19,21H,7-8,10,12H2. The van der Waals surface area contributed by atoms with Gasteiger partial charge in [-0.15, -0.1) is 11.3 Å². The third-order valence-corrected chi connectivity index (χ3v) is 5.24. The normalized spacial score (nSPS) is 19.9. The molecule has 2 N–H and O–H groups in total. The van der Waals surface area contributed by atoms with Crippen LogP contribution in [-0.2, 0) is 18.6 Å². The van der Waals surface area contributed by atoms with E-state index in [0.717, 1.165) is 34.9 Å². The zero-order valence-electron chi connectivity index (χ0n) is 12.7. The van der Waals surface area contributed by atoms with Gasteiger partial charge in [-0.3, -0.25) is 0 Å². The summed E-state index contributed by atoms with van der Waals surface area (Å²) in [5.74, 6) is 0.796. The summed E-state index contributed by atoms with van der Waals surface area (Å²) < 4.78 is 5.36. The first-order valence-electron chi connectivity index (χ1n) is 7.74. The number of nitrogens with zero attached hydrogens (tertiary/aromatic N) is 1. The van der Waals surface area contributed by atoms with E-state index in [4.69, 9.17) is 4.42 Å². The second kappa shape index (κ2) is 5.92. The molecule has 4 rings (SSSR count). The summed E-state index contributed by atoms with van der Waals surface area (Å²) >= 11 is 1.57. The molecular formula is C18H18N2O2S. The summed E-state index contributed by atoms with van der Waals surface area (Å²) in [5, 5.41) is 17.1. The molecule has 1 unspecified atom stereocenters. The van der Waals surface area contributed by atoms with Gasteiger partial charge in [0.1, 0.15) is 5.60 Å². The average molecular weight is 326 g/mol. The second-order valence-corrected chi connectivity index (χ2v) is 6.77. The van der Waals surface area contributed by atoms with Gasteiger partial charge in [-0.25, -0.2) is 4.98 Å². The fourth-order valence-corrected chi connectivity index (χ4v) is 3.94. The lowest BCUT2D eigenvalue weighted by molar-refractivity contribution is 0.0384. The molecule has 0 saturated heterocycles. The summed E-state index contributed by atoms with van der Waals surface area (Å²) in [6.45, 7) is 1.18. The molecule has 0 saturated carbocycles. The number of rotatable bonds is 5. The SMILES string of the molecule is OC1(CNCc2csc(-c3ccco3)n2)CCc2ccccc21. The highest BCUT2D eigenvalue weighted by atomic mass is 32.1. The molecule has 2 aromatic heterocycles. The lowest BCUT2D eigenvalue weighted by atomic mass is 9.96. The van der Waals surface area contributed by atoms with Gasteiger partial charge in [0.25, 0.3) is 0 Å². The minimum absolute atomic E-state index is 0.539. The minimum Gasteiger partial charge on any atom is -0.462 e. The van der Waals surface area contributed by atoms with Crippen molar-refractivity contribution < 1.29 is 9.52 Å². The van der Waals surface area contributed by atoms with Crippen LogP contribution in [0.3, 0.4) is 0 Å². The van der Waals surface area contributed by atoms with Crippen LogP contribution in [0.1, 0.15) is 23.2 Å². The monoisotopic (exact) mass is 326 g/mol. The molecule has 118 valence electrons. The maximum absolute atomic E-state index is 10.9. The Kier molecular flexibility index (Phi) is 3.77. The maximum atomic E-state index is 10.9. The fourth-order valence-electron chi connectivity index (χ4n) is 3.15. The van der Waals surface area contributed by atoms with Crippen molar-refractivity contribution in [3.8, 4) is 10.8 Å². The Hall–Kier alpha value is -1.95. The molecule has 1 aliphatic rings. The van der Waals surface area contributed by atoms with Crippen LogP contribution in [-0.4, -0.2) is 16.6 Å². The van der Waals surface area contributed by atoms with Crippen LogP contribution in [0.4, 0.5) is 0 Å². The number of furan rings is 1. The third kappa shape index (κ3) is 2.83. The van der Waals surface area contributed by atoms with Crippen LogP contribution in [0.15, 0.2) is 52.5 Å². The molecule has 1 aromatic carbocycles. The quantitative estimate of drug-likeness (QED) is 0.755. The minimum atomic E-state index is -0.767. The number of aryl methyl sites for hydroxylation is 1. The molecule has 1 aliphatic carbocycles. The Balaban J connectivity index is 1.39. The number of aromatic nitrogens is 1. The molecule has 5 heteroatoms. The molecule has 0 bridgehead atoms. The van der Waals surface area contributed by atoms with Crippen LogP contribution in [0.25, 0.3) is 10.8 Å². The van der Waals surface area contributed by atoms with Crippen molar-refractivity contribution in [1.82, 2.24) is 10.3 Å². The average Bonchev–Trinajstić information content (AvgIpc) is 3.29. The number of hydrogen-bond donors (Lipinski definition) is 2. The van der Waals surface area contributed by atoms with Crippen molar-refractivity contribution in [3.63, 3.8) is 0 Å². The highest BCUT2D eigenvalue weighted by Gasteiger charge is 2.35. The van der Waals surface area contributed by atoms with Gasteiger partial charge < -0.3 is 14.8 Å². The zero-order chi connectivity index (χ0) is 15.7. The van der Waals surface area contributed by atoms with Gasteiger partial charge in [0.15, 0.2) is 10.8 Å². The van der Waals surface area contributed by atoms with Crippen molar-refractivity contribution in [2.75, 3.05) is 6.54 Å². The molecule has 0 amide bonds. The van der Waals surface area contributed by atoms with Gasteiger partial charge in [-0.2, -0.15) is 0 Å². The van der Waals surface area contributed by atoms with E-state index in [-0.39, 0.29) is 0 Å². The highest BCUT2D eigenvalue weighted by molar-refractivity contribution is 7.13. The lowest BCUT2D eigenvalue weighted by Crippen LogP contribution is -2.36. The molecular weight excluding hydrogens is 308 g/mol. The first-order chi connectivity index (χ1) is 11.2. The van der Waals surface area contributed by atoms with E-state index in [2.05, 4.69) is 16.4 Å². The maximum Gasteiger partial charge on any atom is 0.162 e. The van der Waals surface area contributed by atoms with Crippen LogP contribution < -0.4 is 5.32 Å². The smallest absolute Gasteiger partial charge is 0.162 e. The Morgan fingerprint density at radius 1 is 1.26 bits per heavy atom. The van der Waals surface area contributed by atoms with Gasteiger partial charge in [-0.05, 0) is 36.1 Å². The number of aliphatic hydroxyl groups is 1. The van der Waals surface area contributed by atoms with E-state index in [1.54, 1.807) is 17.6 Å². The van der Waals surface area contributed by atoms with Gasteiger partial charge in [0, 0.05) is 18.5 Å². The van der Waals surface area contributed by atoms with E-state index in [1.807, 2.05) is 35.7 Å². The van der Waals surface area contributed by atoms with Crippen molar-refractivity contribution in [1.29, 1.82) is 0 Å². The fraction of sp³-hybridized carbons (Fsp3) is 0.278. The first-order valence-corrected chi connectivity index (χ1v) is 8.62. The number of benzene rings is 1. The zero-order valence-corrected chi connectivity index (χ0v) is 13.5. The highest BCUT2D eigenvalue weighted by Crippen LogP contribution is 2.36. The first kappa shape index (κ1) is 14.6. The lowest BCUT2D eigenvalue weighted by Gasteiger charge is -2.24. The summed E-state index contributed by atoms with van der Waals surface area (Å²) in [6.07, 6.45) is 3.36. The Bertz CT molecular complexity index is 797. The predicted molar refractivity (Wildman–Crippen MR) is 90.2 cm³/mol. The summed E-state index contributed by atoms with van der Waals surface area (Å²) in [7, 11) is 0. The topological polar surface area (TPSA) is 58.3 Å². The van der Waals surface area contributed by atoms with Crippen molar-refractivity contribution >= 4 is 11.3 Å². The molecule has 0 aliphatic heterocycles. The van der Waals surface area contributed by atoms with Crippen LogP contribution >= 0.6 is 11.3 Å². The second-order valence-electron chi connectivity index (χ2n) is 5.91. The molecule has 1 atom stereocenters. The molecule has 3 aromatic rings. The molecule has 0 fully saturated rings. The summed E-state index contributed by atoms with van der Waals surface area (Å²) in [4.78, 5) is 4.56. The predicted octanol–water partition coefficient (Wildman–Crippen LogP) is 3.33. The number of nitrogens with one attached hydrogen (secondary N) is 1. The van der Waals surface area contributed by atoms with Gasteiger partial charge in [0.05, 0.1) is 12.0 Å².